The molecular formula is C20H32N2O3S. The maximum absolute atomic E-state index is 11.6. The van der Waals surface area contributed by atoms with Crippen LogP contribution in [0.2, 0.25) is 0 Å². The third-order valence-corrected chi connectivity index (χ3v) is 6.80. The van der Waals surface area contributed by atoms with E-state index in [-0.39, 0.29) is 18.1 Å². The molecule has 0 bridgehead atoms. The predicted molar refractivity (Wildman–Crippen MR) is 104 cm³/mol. The zero-order valence-electron chi connectivity index (χ0n) is 16.3. The second-order valence-corrected chi connectivity index (χ2v) is 9.19. The van der Waals surface area contributed by atoms with Gasteiger partial charge in [0.2, 0.25) is 5.91 Å². The van der Waals surface area contributed by atoms with Crippen LogP contribution < -0.4 is 0 Å². The van der Waals surface area contributed by atoms with Crippen LogP contribution in [-0.2, 0) is 20.8 Å². The van der Waals surface area contributed by atoms with E-state index in [9.17, 15) is 4.79 Å². The predicted octanol–water partition coefficient (Wildman–Crippen LogP) is 2.92. The molecule has 1 spiro atoms. The van der Waals surface area contributed by atoms with Crippen LogP contribution in [0.5, 0.6) is 0 Å². The van der Waals surface area contributed by atoms with Gasteiger partial charge in [-0.1, -0.05) is 0 Å². The summed E-state index contributed by atoms with van der Waals surface area (Å²) in [6.07, 6.45) is 4.33. The minimum Gasteiger partial charge on any atom is -0.375 e. The van der Waals surface area contributed by atoms with Crippen LogP contribution in [-0.4, -0.2) is 68.3 Å². The Bertz CT molecular complexity index is 594. The lowest BCUT2D eigenvalue weighted by molar-refractivity contribution is -0.133. The molecule has 2 aliphatic heterocycles. The van der Waals surface area contributed by atoms with E-state index < -0.39 is 0 Å². The van der Waals surface area contributed by atoms with E-state index in [0.717, 1.165) is 51.9 Å². The fraction of sp³-hybridized carbons (Fsp3) is 0.750. The lowest BCUT2D eigenvalue weighted by Gasteiger charge is -2.42. The number of ether oxygens (including phenoxy) is 2. The molecule has 1 amide bonds. The first-order chi connectivity index (χ1) is 12.5. The van der Waals surface area contributed by atoms with Gasteiger partial charge in [0, 0.05) is 56.7 Å². The average Bonchev–Trinajstić information content (AvgIpc) is 3.20. The highest BCUT2D eigenvalue weighted by molar-refractivity contribution is 7.11. The molecule has 0 aliphatic carbocycles. The molecule has 0 unspecified atom stereocenters. The lowest BCUT2D eigenvalue weighted by atomic mass is 9.78. The smallest absolute Gasteiger partial charge is 0.248 e. The number of carbonyl (C=O) groups is 1. The van der Waals surface area contributed by atoms with E-state index >= 15 is 0 Å². The molecule has 146 valence electrons. The van der Waals surface area contributed by atoms with Crippen molar-refractivity contribution in [1.29, 1.82) is 0 Å². The lowest BCUT2D eigenvalue weighted by Crippen LogP contribution is -2.47. The summed E-state index contributed by atoms with van der Waals surface area (Å²) in [6.45, 7) is 7.14. The van der Waals surface area contributed by atoms with E-state index in [1.54, 1.807) is 19.0 Å². The first-order valence-electron chi connectivity index (χ1n) is 9.68. The van der Waals surface area contributed by atoms with Crippen molar-refractivity contribution in [2.45, 2.75) is 44.8 Å². The molecular weight excluding hydrogens is 348 g/mol. The summed E-state index contributed by atoms with van der Waals surface area (Å²) in [4.78, 5) is 18.6. The Morgan fingerprint density at radius 1 is 1.38 bits per heavy atom. The number of nitrogens with zero attached hydrogens (tertiary/aromatic N) is 2. The van der Waals surface area contributed by atoms with Gasteiger partial charge in [-0.2, -0.15) is 0 Å². The highest BCUT2D eigenvalue weighted by atomic mass is 32.1. The summed E-state index contributed by atoms with van der Waals surface area (Å²) in [7, 11) is 3.52. The van der Waals surface area contributed by atoms with Crippen LogP contribution in [0, 0.1) is 12.8 Å². The van der Waals surface area contributed by atoms with E-state index in [4.69, 9.17) is 9.47 Å². The molecule has 2 aliphatic rings. The van der Waals surface area contributed by atoms with Crippen molar-refractivity contribution in [1.82, 2.24) is 9.80 Å². The number of piperidine rings is 1. The molecule has 1 aromatic rings. The van der Waals surface area contributed by atoms with Crippen molar-refractivity contribution in [2.24, 2.45) is 5.92 Å². The van der Waals surface area contributed by atoms with Gasteiger partial charge in [-0.05, 0) is 50.7 Å². The highest BCUT2D eigenvalue weighted by Crippen LogP contribution is 2.42. The average molecular weight is 381 g/mol. The Hall–Kier alpha value is -0.950. The molecule has 26 heavy (non-hydrogen) atoms. The number of aryl methyl sites for hydroxylation is 1. The molecule has 0 N–H and O–H groups in total. The molecule has 1 atom stereocenters. The van der Waals surface area contributed by atoms with Gasteiger partial charge in [0.25, 0.3) is 0 Å². The Labute approximate surface area is 161 Å². The second kappa shape index (κ2) is 8.83. The normalized spacial score (nSPS) is 22.8. The van der Waals surface area contributed by atoms with Gasteiger partial charge in [-0.3, -0.25) is 9.69 Å². The van der Waals surface area contributed by atoms with Gasteiger partial charge in [-0.25, -0.2) is 0 Å². The van der Waals surface area contributed by atoms with Crippen molar-refractivity contribution in [2.75, 3.05) is 47.0 Å². The van der Waals surface area contributed by atoms with E-state index in [0.29, 0.717) is 12.5 Å². The quantitative estimate of drug-likeness (QED) is 0.682. The standard InChI is InChI=1S/C20H32N2O3S/c1-16-4-5-18(26-16)14-22-10-8-20(9-11-22)17(7-13-25-20)6-12-24-15-19(23)21(2)3/h4-5,17H,6-15H2,1-3H3/t17-/m0/s1. The molecule has 0 saturated carbocycles. The third kappa shape index (κ3) is 4.85. The van der Waals surface area contributed by atoms with E-state index in [1.807, 2.05) is 11.3 Å². The first kappa shape index (κ1) is 19.8. The summed E-state index contributed by atoms with van der Waals surface area (Å²) >= 11 is 1.90. The van der Waals surface area contributed by atoms with E-state index in [2.05, 4.69) is 24.0 Å². The molecule has 0 aromatic carbocycles. The number of hydrogen-bond donors (Lipinski definition) is 0. The molecule has 2 fully saturated rings. The highest BCUT2D eigenvalue weighted by Gasteiger charge is 2.45. The van der Waals surface area contributed by atoms with Crippen LogP contribution in [0.25, 0.3) is 0 Å². The van der Waals surface area contributed by atoms with Crippen molar-refractivity contribution in [3.05, 3.63) is 21.9 Å². The van der Waals surface area contributed by atoms with Crippen molar-refractivity contribution in [3.63, 3.8) is 0 Å². The van der Waals surface area contributed by atoms with Crippen LogP contribution in [0.15, 0.2) is 12.1 Å². The van der Waals surface area contributed by atoms with Gasteiger partial charge in [-0.15, -0.1) is 11.3 Å². The van der Waals surface area contributed by atoms with Crippen LogP contribution in [0.1, 0.15) is 35.4 Å². The van der Waals surface area contributed by atoms with Gasteiger partial charge >= 0.3 is 0 Å². The molecule has 1 aromatic heterocycles. The van der Waals surface area contributed by atoms with Crippen molar-refractivity contribution >= 4 is 17.2 Å². The molecule has 3 heterocycles. The van der Waals surface area contributed by atoms with Crippen molar-refractivity contribution < 1.29 is 14.3 Å². The Morgan fingerprint density at radius 3 is 2.81 bits per heavy atom. The number of likely N-dealkylation sites (N-methyl/N-ethyl adjacent to an activating group) is 1. The summed E-state index contributed by atoms with van der Waals surface area (Å²) < 4.78 is 11.9. The molecule has 5 nitrogen and oxygen atoms in total. The number of rotatable bonds is 7. The van der Waals surface area contributed by atoms with Gasteiger partial charge in [0.1, 0.15) is 6.61 Å². The van der Waals surface area contributed by atoms with Gasteiger partial charge < -0.3 is 14.4 Å². The SMILES string of the molecule is Cc1ccc(CN2CCC3(CC2)OCC[C@@H]3CCOCC(=O)N(C)C)s1. The number of likely N-dealkylation sites (tertiary alicyclic amines) is 1. The fourth-order valence-corrected chi connectivity index (χ4v) is 5.07. The maximum atomic E-state index is 11.6. The van der Waals surface area contributed by atoms with Crippen molar-refractivity contribution in [3.8, 4) is 0 Å². The zero-order chi connectivity index (χ0) is 18.6. The van der Waals surface area contributed by atoms with Gasteiger partial charge in [0.05, 0.1) is 5.60 Å². The summed E-state index contributed by atoms with van der Waals surface area (Å²) in [5, 5.41) is 0. The number of carbonyl (C=O) groups excluding carboxylic acids is 1. The Kier molecular flexibility index (Phi) is 6.72. The van der Waals surface area contributed by atoms with Crippen LogP contribution >= 0.6 is 11.3 Å². The van der Waals surface area contributed by atoms with E-state index in [1.165, 1.54) is 9.75 Å². The zero-order valence-corrected chi connectivity index (χ0v) is 17.1. The topological polar surface area (TPSA) is 42.0 Å². The number of hydrogen-bond acceptors (Lipinski definition) is 5. The summed E-state index contributed by atoms with van der Waals surface area (Å²) in [5.74, 6) is 0.586. The Balaban J connectivity index is 1.43. The largest absolute Gasteiger partial charge is 0.375 e. The molecule has 3 rings (SSSR count). The third-order valence-electron chi connectivity index (χ3n) is 5.81. The fourth-order valence-electron chi connectivity index (χ4n) is 4.14. The maximum Gasteiger partial charge on any atom is 0.248 e. The van der Waals surface area contributed by atoms with Crippen LogP contribution in [0.4, 0.5) is 0 Å². The van der Waals surface area contributed by atoms with Crippen LogP contribution in [0.3, 0.4) is 0 Å². The minimum absolute atomic E-state index is 0.0273. The first-order valence-corrected chi connectivity index (χ1v) is 10.5. The molecule has 0 radical (unpaired) electrons. The minimum atomic E-state index is 0.0273. The molecule has 6 heteroatoms. The van der Waals surface area contributed by atoms with Gasteiger partial charge in [0.15, 0.2) is 0 Å². The summed E-state index contributed by atoms with van der Waals surface area (Å²) in [5.41, 5.74) is 0.0385. The monoisotopic (exact) mass is 380 g/mol. The second-order valence-electron chi connectivity index (χ2n) is 7.82. The Morgan fingerprint density at radius 2 is 2.15 bits per heavy atom. The number of thiophene rings is 1. The number of amides is 1. The molecule has 2 saturated heterocycles. The summed E-state index contributed by atoms with van der Waals surface area (Å²) in [6, 6.07) is 4.47.